The van der Waals surface area contributed by atoms with Gasteiger partial charge in [-0.1, -0.05) is 18.2 Å². The van der Waals surface area contributed by atoms with Gasteiger partial charge in [-0.25, -0.2) is 4.79 Å². The molecule has 124 valence electrons. The van der Waals surface area contributed by atoms with E-state index >= 15 is 0 Å². The zero-order chi connectivity index (χ0) is 17.3. The van der Waals surface area contributed by atoms with Crippen LogP contribution in [0.1, 0.15) is 33.3 Å². The highest BCUT2D eigenvalue weighted by atomic mass is 32.1. The zero-order valence-corrected chi connectivity index (χ0v) is 14.8. The molecular weight excluding hydrogens is 311 g/mol. The Bertz CT molecular complexity index is 598. The standard InChI is InChI=1S/C16H23BN2O3S/c1-15(2)16(3,4)22-17(21-15)12(10-23)9-11-5-7-13(8-6-11)19-14(18)20/h5-9,23H,10H2,1-4H3,(H3,18,19,20). The van der Waals surface area contributed by atoms with Crippen LogP contribution in [0.5, 0.6) is 0 Å². The molecule has 1 aromatic carbocycles. The number of benzene rings is 1. The van der Waals surface area contributed by atoms with Crippen LogP contribution in [0.2, 0.25) is 0 Å². The molecule has 1 fully saturated rings. The molecule has 1 aliphatic heterocycles. The molecule has 0 spiro atoms. The zero-order valence-electron chi connectivity index (χ0n) is 13.9. The average molecular weight is 334 g/mol. The van der Waals surface area contributed by atoms with Gasteiger partial charge < -0.3 is 20.4 Å². The second-order valence-corrected chi connectivity index (χ2v) is 6.89. The van der Waals surface area contributed by atoms with E-state index in [2.05, 4.69) is 17.9 Å². The van der Waals surface area contributed by atoms with Gasteiger partial charge in [0.1, 0.15) is 0 Å². The molecule has 1 aromatic rings. The van der Waals surface area contributed by atoms with Crippen LogP contribution >= 0.6 is 12.6 Å². The predicted molar refractivity (Wildman–Crippen MR) is 97.6 cm³/mol. The summed E-state index contributed by atoms with van der Waals surface area (Å²) in [5, 5.41) is 2.53. The Kier molecular flexibility index (Phi) is 5.13. The minimum Gasteiger partial charge on any atom is -0.400 e. The van der Waals surface area contributed by atoms with Crippen molar-refractivity contribution >= 4 is 37.5 Å². The Morgan fingerprint density at radius 1 is 1.22 bits per heavy atom. The quantitative estimate of drug-likeness (QED) is 0.585. The molecule has 7 heteroatoms. The second-order valence-electron chi connectivity index (χ2n) is 6.58. The summed E-state index contributed by atoms with van der Waals surface area (Å²) in [6, 6.07) is 6.77. The molecule has 0 bridgehead atoms. The topological polar surface area (TPSA) is 73.6 Å². The molecule has 1 heterocycles. The molecule has 0 atom stereocenters. The van der Waals surface area contributed by atoms with Crippen molar-refractivity contribution in [3.05, 3.63) is 35.3 Å². The maximum atomic E-state index is 10.8. The van der Waals surface area contributed by atoms with Crippen molar-refractivity contribution < 1.29 is 14.1 Å². The normalized spacial score (nSPS) is 19.7. The maximum absolute atomic E-state index is 10.8. The van der Waals surface area contributed by atoms with E-state index in [9.17, 15) is 4.79 Å². The van der Waals surface area contributed by atoms with Gasteiger partial charge in [-0.05, 0) is 50.9 Å². The number of carbonyl (C=O) groups is 1. The molecule has 1 saturated heterocycles. The number of rotatable bonds is 4. The fraction of sp³-hybridized carbons (Fsp3) is 0.438. The van der Waals surface area contributed by atoms with Gasteiger partial charge in [0.15, 0.2) is 0 Å². The first kappa shape index (κ1) is 17.9. The van der Waals surface area contributed by atoms with Crippen molar-refractivity contribution in [3.63, 3.8) is 0 Å². The lowest BCUT2D eigenvalue weighted by atomic mass is 9.78. The van der Waals surface area contributed by atoms with Gasteiger partial charge in [-0.2, -0.15) is 12.6 Å². The molecule has 0 aliphatic carbocycles. The predicted octanol–water partition coefficient (Wildman–Crippen LogP) is 3.12. The monoisotopic (exact) mass is 334 g/mol. The van der Waals surface area contributed by atoms with E-state index in [-0.39, 0.29) is 11.2 Å². The van der Waals surface area contributed by atoms with Crippen molar-refractivity contribution in [2.75, 3.05) is 11.1 Å². The van der Waals surface area contributed by atoms with E-state index in [0.29, 0.717) is 11.4 Å². The van der Waals surface area contributed by atoms with E-state index < -0.39 is 13.1 Å². The summed E-state index contributed by atoms with van der Waals surface area (Å²) in [6.45, 7) is 8.09. The van der Waals surface area contributed by atoms with Crippen LogP contribution < -0.4 is 11.1 Å². The Hall–Kier alpha value is -1.44. The molecule has 5 nitrogen and oxygen atoms in total. The summed E-state index contributed by atoms with van der Waals surface area (Å²) in [4.78, 5) is 10.8. The number of urea groups is 1. The molecule has 0 unspecified atom stereocenters. The molecule has 23 heavy (non-hydrogen) atoms. The fourth-order valence-electron chi connectivity index (χ4n) is 2.20. The molecule has 0 radical (unpaired) electrons. The van der Waals surface area contributed by atoms with Gasteiger partial charge in [-0.3, -0.25) is 0 Å². The molecule has 2 amide bonds. The van der Waals surface area contributed by atoms with E-state index in [1.807, 2.05) is 45.9 Å². The highest BCUT2D eigenvalue weighted by molar-refractivity contribution is 7.80. The summed E-state index contributed by atoms with van der Waals surface area (Å²) >= 11 is 4.40. The number of carbonyl (C=O) groups excluding carboxylic acids is 1. The van der Waals surface area contributed by atoms with Gasteiger partial charge in [0.05, 0.1) is 11.2 Å². The Morgan fingerprint density at radius 3 is 2.17 bits per heavy atom. The Balaban J connectivity index is 2.18. The third-order valence-electron chi connectivity index (χ3n) is 4.27. The minimum absolute atomic E-state index is 0.380. The van der Waals surface area contributed by atoms with E-state index in [1.54, 1.807) is 12.1 Å². The summed E-state index contributed by atoms with van der Waals surface area (Å²) in [5.41, 5.74) is 6.90. The third kappa shape index (κ3) is 4.10. The molecule has 0 aromatic heterocycles. The van der Waals surface area contributed by atoms with Gasteiger partial charge >= 0.3 is 13.1 Å². The van der Waals surface area contributed by atoms with Crippen molar-refractivity contribution in [2.45, 2.75) is 38.9 Å². The number of nitrogens with one attached hydrogen (secondary N) is 1. The molecule has 3 N–H and O–H groups in total. The van der Waals surface area contributed by atoms with Crippen molar-refractivity contribution in [3.8, 4) is 0 Å². The van der Waals surface area contributed by atoms with Crippen LogP contribution in [0.15, 0.2) is 29.7 Å². The number of anilines is 1. The third-order valence-corrected chi connectivity index (χ3v) is 4.63. The van der Waals surface area contributed by atoms with Crippen molar-refractivity contribution in [1.29, 1.82) is 0 Å². The largest absolute Gasteiger partial charge is 0.491 e. The summed E-state index contributed by atoms with van der Waals surface area (Å²) in [6.07, 6.45) is 1.99. The van der Waals surface area contributed by atoms with Gasteiger partial charge in [-0.15, -0.1) is 0 Å². The van der Waals surface area contributed by atoms with Crippen LogP contribution in [0, 0.1) is 0 Å². The summed E-state index contributed by atoms with van der Waals surface area (Å²) < 4.78 is 12.1. The second kappa shape index (κ2) is 6.59. The number of hydrogen-bond acceptors (Lipinski definition) is 4. The molecular formula is C16H23BN2O3S. The van der Waals surface area contributed by atoms with E-state index in [0.717, 1.165) is 11.0 Å². The van der Waals surface area contributed by atoms with Crippen LogP contribution in [0.4, 0.5) is 10.5 Å². The highest BCUT2D eigenvalue weighted by Gasteiger charge is 2.52. The van der Waals surface area contributed by atoms with Crippen LogP contribution in [-0.4, -0.2) is 30.1 Å². The summed E-state index contributed by atoms with van der Waals surface area (Å²) in [7, 11) is -0.416. The highest BCUT2D eigenvalue weighted by Crippen LogP contribution is 2.39. The minimum atomic E-state index is -0.582. The lowest BCUT2D eigenvalue weighted by molar-refractivity contribution is 0.00578. The van der Waals surface area contributed by atoms with E-state index in [1.165, 1.54) is 0 Å². The maximum Gasteiger partial charge on any atom is 0.491 e. The van der Waals surface area contributed by atoms with Crippen LogP contribution in [0.3, 0.4) is 0 Å². The number of primary amides is 1. The SMILES string of the molecule is CC1(C)OB(C(=Cc2ccc(NC(N)=O)cc2)CS)OC1(C)C. The average Bonchev–Trinajstić information content (AvgIpc) is 2.66. The lowest BCUT2D eigenvalue weighted by Crippen LogP contribution is -2.41. The van der Waals surface area contributed by atoms with Gasteiger partial charge in [0.25, 0.3) is 0 Å². The first-order valence-electron chi connectivity index (χ1n) is 7.48. The molecule has 0 saturated carbocycles. The van der Waals surface area contributed by atoms with Gasteiger partial charge in [0, 0.05) is 11.4 Å². The molecule has 1 aliphatic rings. The Morgan fingerprint density at radius 2 is 1.74 bits per heavy atom. The van der Waals surface area contributed by atoms with Crippen LogP contribution in [0.25, 0.3) is 6.08 Å². The van der Waals surface area contributed by atoms with Crippen LogP contribution in [-0.2, 0) is 9.31 Å². The Labute approximate surface area is 143 Å². The number of hydrogen-bond donors (Lipinski definition) is 3. The molecule has 2 rings (SSSR count). The van der Waals surface area contributed by atoms with Crippen molar-refractivity contribution in [2.24, 2.45) is 5.73 Å². The van der Waals surface area contributed by atoms with Gasteiger partial charge in [0.2, 0.25) is 0 Å². The van der Waals surface area contributed by atoms with E-state index in [4.69, 9.17) is 15.0 Å². The smallest absolute Gasteiger partial charge is 0.400 e. The summed E-state index contributed by atoms with van der Waals surface area (Å²) in [5.74, 6) is 0.526. The lowest BCUT2D eigenvalue weighted by Gasteiger charge is -2.32. The first-order valence-corrected chi connectivity index (χ1v) is 8.11. The number of nitrogens with two attached hydrogens (primary N) is 1. The fourth-order valence-corrected chi connectivity index (χ4v) is 2.44. The first-order chi connectivity index (χ1) is 10.6. The number of thiol groups is 1. The van der Waals surface area contributed by atoms with Crippen molar-refractivity contribution in [1.82, 2.24) is 0 Å². The number of amides is 2.